The molecule has 0 radical (unpaired) electrons. The molecule has 1 amide bonds. The number of rotatable bonds is 12. The van der Waals surface area contributed by atoms with E-state index >= 15 is 0 Å². The number of amides is 1. The van der Waals surface area contributed by atoms with Gasteiger partial charge in [-0.2, -0.15) is 0 Å². The summed E-state index contributed by atoms with van der Waals surface area (Å²) in [4.78, 5) is 26.9. The first-order valence-electron chi connectivity index (χ1n) is 8.61. The number of carbonyl (C=O) groups is 2. The Morgan fingerprint density at radius 2 is 1.78 bits per heavy atom. The van der Waals surface area contributed by atoms with Gasteiger partial charge >= 0.3 is 12.1 Å². The maximum absolute atomic E-state index is 12.1. The number of nitrogens with zero attached hydrogens (tertiary/aromatic N) is 4. The Hall–Kier alpha value is -2.07. The third-order valence-corrected chi connectivity index (χ3v) is 3.52. The molecule has 0 aromatic carbocycles. The fourth-order valence-corrected chi connectivity index (χ4v) is 2.46. The van der Waals surface area contributed by atoms with Crippen LogP contribution in [0.25, 0.3) is 10.4 Å². The molecule has 0 atom stereocenters. The second-order valence-electron chi connectivity index (χ2n) is 7.34. The lowest BCUT2D eigenvalue weighted by molar-refractivity contribution is -0.149. The molecule has 27 heavy (non-hydrogen) atoms. The molecule has 0 saturated carbocycles. The molecule has 11 heteroatoms. The molecule has 154 valence electrons. The SMILES string of the molecule is CC(C)(C)OC(=O)N1CC(COCCOCCN=[N+]=[N-])(COCC(=O)O)C1. The summed E-state index contributed by atoms with van der Waals surface area (Å²) in [6.07, 6.45) is -0.419. The fraction of sp³-hybridized carbons (Fsp3) is 0.875. The van der Waals surface area contributed by atoms with E-state index in [0.717, 1.165) is 0 Å². The van der Waals surface area contributed by atoms with Gasteiger partial charge in [-0.25, -0.2) is 9.59 Å². The van der Waals surface area contributed by atoms with Crippen molar-refractivity contribution in [3.63, 3.8) is 0 Å². The van der Waals surface area contributed by atoms with Crippen LogP contribution in [0, 0.1) is 5.41 Å². The number of carboxylic acid groups (broad SMARTS) is 1. The zero-order chi connectivity index (χ0) is 20.3. The maximum atomic E-state index is 12.1. The Bertz CT molecular complexity index is 537. The van der Waals surface area contributed by atoms with Gasteiger partial charge in [-0.1, -0.05) is 5.11 Å². The molecule has 0 aromatic rings. The predicted octanol–water partition coefficient (Wildman–Crippen LogP) is 1.67. The first-order valence-corrected chi connectivity index (χ1v) is 8.61. The lowest BCUT2D eigenvalue weighted by atomic mass is 9.81. The van der Waals surface area contributed by atoms with Crippen LogP contribution in [-0.4, -0.2) is 86.9 Å². The lowest BCUT2D eigenvalue weighted by Gasteiger charge is -2.49. The summed E-state index contributed by atoms with van der Waals surface area (Å²) >= 11 is 0. The number of hydrogen-bond donors (Lipinski definition) is 1. The zero-order valence-electron chi connectivity index (χ0n) is 16.0. The molecule has 1 heterocycles. The zero-order valence-corrected chi connectivity index (χ0v) is 16.0. The normalized spacial score (nSPS) is 15.6. The van der Waals surface area contributed by atoms with Crippen molar-refractivity contribution < 1.29 is 33.6 Å². The molecule has 1 rings (SSSR count). The molecule has 1 N–H and O–H groups in total. The van der Waals surface area contributed by atoms with Gasteiger partial charge in [0.2, 0.25) is 0 Å². The van der Waals surface area contributed by atoms with E-state index in [4.69, 9.17) is 29.6 Å². The van der Waals surface area contributed by atoms with E-state index in [2.05, 4.69) is 10.0 Å². The molecule has 1 aliphatic heterocycles. The maximum Gasteiger partial charge on any atom is 0.410 e. The summed E-state index contributed by atoms with van der Waals surface area (Å²) in [5, 5.41) is 12.1. The number of hydrogen-bond acceptors (Lipinski definition) is 7. The Morgan fingerprint density at radius 3 is 2.37 bits per heavy atom. The molecule has 0 bridgehead atoms. The Kier molecular flexibility index (Phi) is 9.30. The van der Waals surface area contributed by atoms with E-state index in [1.807, 2.05) is 0 Å². The van der Waals surface area contributed by atoms with Crippen LogP contribution in [-0.2, 0) is 23.7 Å². The summed E-state index contributed by atoms with van der Waals surface area (Å²) in [7, 11) is 0. The number of azide groups is 1. The minimum Gasteiger partial charge on any atom is -0.480 e. The average molecular weight is 388 g/mol. The van der Waals surface area contributed by atoms with Crippen molar-refractivity contribution >= 4 is 12.1 Å². The number of ether oxygens (including phenoxy) is 4. The van der Waals surface area contributed by atoms with Gasteiger partial charge in [0.25, 0.3) is 0 Å². The smallest absolute Gasteiger partial charge is 0.410 e. The van der Waals surface area contributed by atoms with Crippen molar-refractivity contribution in [3.8, 4) is 0 Å². The van der Waals surface area contributed by atoms with Gasteiger partial charge in [0.15, 0.2) is 0 Å². The summed E-state index contributed by atoms with van der Waals surface area (Å²) in [5.41, 5.74) is 7.09. The molecule has 0 aromatic heterocycles. The van der Waals surface area contributed by atoms with Crippen LogP contribution in [0.4, 0.5) is 4.79 Å². The molecule has 1 saturated heterocycles. The highest BCUT2D eigenvalue weighted by Crippen LogP contribution is 2.32. The van der Waals surface area contributed by atoms with Gasteiger partial charge in [-0.05, 0) is 26.3 Å². The van der Waals surface area contributed by atoms with E-state index in [0.29, 0.717) is 39.5 Å². The van der Waals surface area contributed by atoms with Crippen molar-refractivity contribution in [3.05, 3.63) is 10.4 Å². The number of carbonyl (C=O) groups excluding carboxylic acids is 1. The Balaban J connectivity index is 2.39. The van der Waals surface area contributed by atoms with E-state index in [-0.39, 0.29) is 13.2 Å². The van der Waals surface area contributed by atoms with Crippen LogP contribution in [0.1, 0.15) is 20.8 Å². The number of carboxylic acids is 1. The molecule has 1 fully saturated rings. The first-order chi connectivity index (χ1) is 12.7. The average Bonchev–Trinajstić information content (AvgIpc) is 2.51. The van der Waals surface area contributed by atoms with Crippen molar-refractivity contribution in [1.29, 1.82) is 0 Å². The van der Waals surface area contributed by atoms with Crippen LogP contribution in [0.3, 0.4) is 0 Å². The quantitative estimate of drug-likeness (QED) is 0.232. The topological polar surface area (TPSA) is 143 Å². The molecule has 0 aliphatic carbocycles. The molecule has 11 nitrogen and oxygen atoms in total. The molecule has 0 unspecified atom stereocenters. The van der Waals surface area contributed by atoms with Gasteiger partial charge in [-0.15, -0.1) is 0 Å². The highest BCUT2D eigenvalue weighted by molar-refractivity contribution is 5.69. The Labute approximate surface area is 158 Å². The van der Waals surface area contributed by atoms with Crippen molar-refractivity contribution in [2.75, 3.05) is 59.3 Å². The minimum absolute atomic E-state index is 0.163. The fourth-order valence-electron chi connectivity index (χ4n) is 2.46. The summed E-state index contributed by atoms with van der Waals surface area (Å²) in [6, 6.07) is 0. The van der Waals surface area contributed by atoms with Gasteiger partial charge < -0.3 is 29.0 Å². The number of aliphatic carboxylic acids is 1. The van der Waals surface area contributed by atoms with Crippen molar-refractivity contribution in [1.82, 2.24) is 4.90 Å². The molecular formula is C16H28N4O7. The second-order valence-corrected chi connectivity index (χ2v) is 7.34. The second kappa shape index (κ2) is 10.9. The van der Waals surface area contributed by atoms with E-state index in [9.17, 15) is 9.59 Å². The van der Waals surface area contributed by atoms with Crippen molar-refractivity contribution in [2.45, 2.75) is 26.4 Å². The predicted molar refractivity (Wildman–Crippen MR) is 94.3 cm³/mol. The highest BCUT2D eigenvalue weighted by Gasteiger charge is 2.47. The van der Waals surface area contributed by atoms with Crippen LogP contribution < -0.4 is 0 Å². The monoisotopic (exact) mass is 388 g/mol. The van der Waals surface area contributed by atoms with Crippen LogP contribution in [0.5, 0.6) is 0 Å². The summed E-state index contributed by atoms with van der Waals surface area (Å²) < 4.78 is 21.4. The molecule has 0 spiro atoms. The third-order valence-electron chi connectivity index (χ3n) is 3.52. The van der Waals surface area contributed by atoms with Crippen LogP contribution in [0.15, 0.2) is 5.11 Å². The van der Waals surface area contributed by atoms with Crippen LogP contribution >= 0.6 is 0 Å². The largest absolute Gasteiger partial charge is 0.480 e. The van der Waals surface area contributed by atoms with E-state index < -0.39 is 29.7 Å². The van der Waals surface area contributed by atoms with Gasteiger partial charge in [0.1, 0.15) is 12.2 Å². The van der Waals surface area contributed by atoms with Gasteiger partial charge in [0.05, 0.1) is 38.4 Å². The summed E-state index contributed by atoms with van der Waals surface area (Å²) in [6.45, 7) is 7.38. The van der Waals surface area contributed by atoms with E-state index in [1.165, 1.54) is 4.90 Å². The molecular weight excluding hydrogens is 360 g/mol. The third kappa shape index (κ3) is 9.43. The first kappa shape index (κ1) is 23.0. The van der Waals surface area contributed by atoms with Gasteiger partial charge in [-0.3, -0.25) is 0 Å². The van der Waals surface area contributed by atoms with Crippen LogP contribution in [0.2, 0.25) is 0 Å². The van der Waals surface area contributed by atoms with Gasteiger partial charge in [0, 0.05) is 24.5 Å². The Morgan fingerprint density at radius 1 is 1.15 bits per heavy atom. The standard InChI is InChI=1S/C16H28N4O7/c1-15(2,3)27-14(23)20-9-16(10-20,12-26-8-13(21)22)11-25-7-6-24-5-4-18-19-17/h4-12H2,1-3H3,(H,21,22). The lowest BCUT2D eigenvalue weighted by Crippen LogP contribution is -2.63. The molecule has 1 aliphatic rings. The highest BCUT2D eigenvalue weighted by atomic mass is 16.6. The van der Waals surface area contributed by atoms with E-state index in [1.54, 1.807) is 20.8 Å². The summed E-state index contributed by atoms with van der Waals surface area (Å²) in [5.74, 6) is -1.05. The number of likely N-dealkylation sites (tertiary alicyclic amines) is 1. The minimum atomic E-state index is -1.05. The van der Waals surface area contributed by atoms with Crippen molar-refractivity contribution in [2.24, 2.45) is 10.5 Å².